The largest absolute Gasteiger partial charge is 0.481 e. The second-order valence-corrected chi connectivity index (χ2v) is 5.31. The molecule has 0 heterocycles. The van der Waals surface area contributed by atoms with Gasteiger partial charge in [0.1, 0.15) is 0 Å². The molecule has 88 valence electrons. The molecule has 1 unspecified atom stereocenters. The maximum Gasteiger partial charge on any atom is 0.307 e. The molecular weight excluding hydrogens is 190 g/mol. The van der Waals surface area contributed by atoms with Gasteiger partial charge in [0.25, 0.3) is 0 Å². The molecule has 3 heteroatoms. The van der Waals surface area contributed by atoms with E-state index < -0.39 is 5.97 Å². The van der Waals surface area contributed by atoms with Gasteiger partial charge in [0.15, 0.2) is 0 Å². The van der Waals surface area contributed by atoms with E-state index in [2.05, 4.69) is 18.7 Å². The van der Waals surface area contributed by atoms with Gasteiger partial charge in [0.05, 0.1) is 5.92 Å². The van der Waals surface area contributed by atoms with Crippen molar-refractivity contribution in [2.24, 2.45) is 17.8 Å². The number of carboxylic acid groups (broad SMARTS) is 1. The monoisotopic (exact) mass is 213 g/mol. The van der Waals surface area contributed by atoms with E-state index in [1.807, 2.05) is 7.05 Å². The first-order valence-electron chi connectivity index (χ1n) is 5.84. The summed E-state index contributed by atoms with van der Waals surface area (Å²) in [5, 5.41) is 8.82. The van der Waals surface area contributed by atoms with Crippen LogP contribution in [-0.2, 0) is 4.79 Å². The topological polar surface area (TPSA) is 40.5 Å². The third-order valence-corrected chi connectivity index (χ3v) is 3.70. The SMILES string of the molecule is CC(CN(C)C1CC(C(C)C)C1)C(=O)O. The molecule has 0 bridgehead atoms. The smallest absolute Gasteiger partial charge is 0.307 e. The molecule has 0 aromatic heterocycles. The van der Waals surface area contributed by atoms with E-state index in [0.717, 1.165) is 11.8 Å². The van der Waals surface area contributed by atoms with E-state index in [1.165, 1.54) is 12.8 Å². The number of rotatable bonds is 5. The van der Waals surface area contributed by atoms with Gasteiger partial charge in [-0.3, -0.25) is 4.79 Å². The van der Waals surface area contributed by atoms with Crippen LogP contribution in [0.4, 0.5) is 0 Å². The first kappa shape index (κ1) is 12.5. The number of aliphatic carboxylic acids is 1. The van der Waals surface area contributed by atoms with Gasteiger partial charge in [0.2, 0.25) is 0 Å². The normalized spacial score (nSPS) is 27.9. The van der Waals surface area contributed by atoms with Crippen molar-refractivity contribution >= 4 is 5.97 Å². The van der Waals surface area contributed by atoms with Crippen molar-refractivity contribution in [2.75, 3.05) is 13.6 Å². The van der Waals surface area contributed by atoms with Crippen LogP contribution in [0.25, 0.3) is 0 Å². The molecule has 0 aliphatic heterocycles. The van der Waals surface area contributed by atoms with Crippen LogP contribution in [-0.4, -0.2) is 35.6 Å². The summed E-state index contributed by atoms with van der Waals surface area (Å²) in [5.74, 6) is 0.666. The Balaban J connectivity index is 2.26. The summed E-state index contributed by atoms with van der Waals surface area (Å²) < 4.78 is 0. The van der Waals surface area contributed by atoms with Gasteiger partial charge in [-0.2, -0.15) is 0 Å². The van der Waals surface area contributed by atoms with E-state index in [1.54, 1.807) is 6.92 Å². The number of hydrogen-bond acceptors (Lipinski definition) is 2. The van der Waals surface area contributed by atoms with Crippen molar-refractivity contribution in [1.29, 1.82) is 0 Å². The summed E-state index contributed by atoms with van der Waals surface area (Å²) >= 11 is 0. The maximum atomic E-state index is 10.7. The van der Waals surface area contributed by atoms with E-state index in [9.17, 15) is 4.79 Å². The van der Waals surface area contributed by atoms with E-state index in [0.29, 0.717) is 12.6 Å². The van der Waals surface area contributed by atoms with Gasteiger partial charge in [-0.25, -0.2) is 0 Å². The fourth-order valence-corrected chi connectivity index (χ4v) is 2.19. The van der Waals surface area contributed by atoms with Crippen molar-refractivity contribution in [1.82, 2.24) is 4.90 Å². The Morgan fingerprint density at radius 3 is 2.33 bits per heavy atom. The van der Waals surface area contributed by atoms with Crippen molar-refractivity contribution in [3.8, 4) is 0 Å². The number of hydrogen-bond donors (Lipinski definition) is 1. The Labute approximate surface area is 92.5 Å². The second-order valence-electron chi connectivity index (χ2n) is 5.31. The molecule has 0 spiro atoms. The lowest BCUT2D eigenvalue weighted by molar-refractivity contribution is -0.142. The summed E-state index contributed by atoms with van der Waals surface area (Å²) in [6.07, 6.45) is 2.47. The molecule has 1 N–H and O–H groups in total. The van der Waals surface area contributed by atoms with Crippen LogP contribution in [0.1, 0.15) is 33.6 Å². The summed E-state index contributed by atoms with van der Waals surface area (Å²) in [6, 6.07) is 0.610. The van der Waals surface area contributed by atoms with Crippen LogP contribution in [0.3, 0.4) is 0 Å². The van der Waals surface area contributed by atoms with Crippen LogP contribution in [0.2, 0.25) is 0 Å². The van der Waals surface area contributed by atoms with Crippen LogP contribution < -0.4 is 0 Å². The van der Waals surface area contributed by atoms with Crippen molar-refractivity contribution < 1.29 is 9.90 Å². The molecule has 0 aromatic rings. The Morgan fingerprint density at radius 2 is 1.93 bits per heavy atom. The molecule has 0 amide bonds. The minimum absolute atomic E-state index is 0.256. The fraction of sp³-hybridized carbons (Fsp3) is 0.917. The van der Waals surface area contributed by atoms with Gasteiger partial charge in [-0.05, 0) is 31.7 Å². The maximum absolute atomic E-state index is 10.7. The fourth-order valence-electron chi connectivity index (χ4n) is 2.19. The summed E-state index contributed by atoms with van der Waals surface area (Å²) in [4.78, 5) is 12.9. The first-order valence-corrected chi connectivity index (χ1v) is 5.84. The number of carbonyl (C=O) groups is 1. The molecule has 1 rings (SSSR count). The zero-order valence-electron chi connectivity index (χ0n) is 10.2. The van der Waals surface area contributed by atoms with Gasteiger partial charge < -0.3 is 10.0 Å². The number of nitrogens with zero attached hydrogens (tertiary/aromatic N) is 1. The lowest BCUT2D eigenvalue weighted by Crippen LogP contribution is -2.46. The first-order chi connectivity index (χ1) is 6.91. The molecule has 1 aliphatic carbocycles. The standard InChI is InChI=1S/C12H23NO2/c1-8(2)10-5-11(6-10)13(4)7-9(3)12(14)15/h8-11H,5-7H2,1-4H3,(H,14,15). The Hall–Kier alpha value is -0.570. The van der Waals surface area contributed by atoms with Crippen molar-refractivity contribution in [3.63, 3.8) is 0 Å². The summed E-state index contributed by atoms with van der Waals surface area (Å²) in [5.41, 5.74) is 0. The minimum atomic E-state index is -0.693. The molecule has 3 nitrogen and oxygen atoms in total. The molecule has 0 radical (unpaired) electrons. The lowest BCUT2D eigenvalue weighted by atomic mass is 9.73. The molecule has 1 aliphatic rings. The summed E-state index contributed by atoms with van der Waals surface area (Å²) in [6.45, 7) is 6.98. The minimum Gasteiger partial charge on any atom is -0.481 e. The third-order valence-electron chi connectivity index (χ3n) is 3.70. The Bertz CT molecular complexity index is 222. The Kier molecular flexibility index (Phi) is 4.14. The summed E-state index contributed by atoms with van der Waals surface area (Å²) in [7, 11) is 2.04. The van der Waals surface area contributed by atoms with Gasteiger partial charge in [-0.1, -0.05) is 20.8 Å². The van der Waals surface area contributed by atoms with Crippen molar-refractivity contribution in [2.45, 2.75) is 39.7 Å². The highest BCUT2D eigenvalue weighted by atomic mass is 16.4. The molecule has 1 fully saturated rings. The third kappa shape index (κ3) is 3.20. The van der Waals surface area contributed by atoms with Crippen LogP contribution >= 0.6 is 0 Å². The quantitative estimate of drug-likeness (QED) is 0.760. The van der Waals surface area contributed by atoms with E-state index in [4.69, 9.17) is 5.11 Å². The van der Waals surface area contributed by atoms with Gasteiger partial charge in [0, 0.05) is 12.6 Å². The van der Waals surface area contributed by atoms with E-state index >= 15 is 0 Å². The molecule has 15 heavy (non-hydrogen) atoms. The zero-order chi connectivity index (χ0) is 11.6. The highest BCUT2D eigenvalue weighted by Gasteiger charge is 2.34. The Morgan fingerprint density at radius 1 is 1.40 bits per heavy atom. The average molecular weight is 213 g/mol. The molecule has 1 atom stereocenters. The zero-order valence-corrected chi connectivity index (χ0v) is 10.2. The average Bonchev–Trinajstić information content (AvgIpc) is 1.99. The van der Waals surface area contributed by atoms with Crippen LogP contribution in [0, 0.1) is 17.8 Å². The second kappa shape index (κ2) is 4.97. The molecular formula is C12H23NO2. The molecule has 1 saturated carbocycles. The lowest BCUT2D eigenvalue weighted by Gasteiger charge is -2.43. The highest BCUT2D eigenvalue weighted by Crippen LogP contribution is 2.36. The predicted octanol–water partition coefficient (Wildman–Crippen LogP) is 2.07. The molecule has 0 saturated heterocycles. The highest BCUT2D eigenvalue weighted by molar-refractivity contribution is 5.69. The van der Waals surface area contributed by atoms with Crippen molar-refractivity contribution in [3.05, 3.63) is 0 Å². The molecule has 0 aromatic carbocycles. The van der Waals surface area contributed by atoms with E-state index in [-0.39, 0.29) is 5.92 Å². The van der Waals surface area contributed by atoms with Gasteiger partial charge >= 0.3 is 5.97 Å². The number of carboxylic acids is 1. The van der Waals surface area contributed by atoms with Crippen LogP contribution in [0.15, 0.2) is 0 Å². The van der Waals surface area contributed by atoms with Crippen LogP contribution in [0.5, 0.6) is 0 Å². The van der Waals surface area contributed by atoms with Gasteiger partial charge in [-0.15, -0.1) is 0 Å². The predicted molar refractivity (Wildman–Crippen MR) is 60.8 cm³/mol.